The highest BCUT2D eigenvalue weighted by Crippen LogP contribution is 2.41. The Morgan fingerprint density at radius 1 is 1.35 bits per heavy atom. The van der Waals surface area contributed by atoms with Crippen LogP contribution < -0.4 is 10.6 Å². The Hall–Kier alpha value is -1.09. The molecular weight excluding hydrogens is 352 g/mol. The van der Waals surface area contributed by atoms with Crippen molar-refractivity contribution >= 4 is 23.6 Å². The van der Waals surface area contributed by atoms with Gasteiger partial charge in [0.05, 0.1) is 26.7 Å². The lowest BCUT2D eigenvalue weighted by molar-refractivity contribution is -0.912. The quantitative estimate of drug-likeness (QED) is 0.269. The number of hydrogen-bond acceptors (Lipinski definition) is 6. The number of nitrogens with zero attached hydrogens (tertiary/aromatic N) is 2. The molecule has 3 aliphatic heterocycles. The molecule has 2 atom stereocenters. The van der Waals surface area contributed by atoms with E-state index >= 15 is 0 Å². The van der Waals surface area contributed by atoms with Gasteiger partial charge in [0.1, 0.15) is 23.7 Å². The van der Waals surface area contributed by atoms with Crippen LogP contribution in [0.5, 0.6) is 0 Å². The van der Waals surface area contributed by atoms with Crippen LogP contribution in [0.2, 0.25) is 0 Å². The Balaban J connectivity index is 1.85. The number of likely N-dealkylation sites (N-methyl/N-ethyl adjacent to an activating group) is 1. The van der Waals surface area contributed by atoms with Gasteiger partial charge in [-0.2, -0.15) is 0 Å². The van der Waals surface area contributed by atoms with Crippen LogP contribution in [0.1, 0.15) is 19.3 Å². The summed E-state index contributed by atoms with van der Waals surface area (Å²) in [6, 6.07) is -0.202. The second kappa shape index (κ2) is 8.29. The van der Waals surface area contributed by atoms with Crippen molar-refractivity contribution in [2.24, 2.45) is 0 Å². The highest BCUT2D eigenvalue weighted by atomic mass is 32.2. The third-order valence-electron chi connectivity index (χ3n) is 5.84. The molecule has 3 rings (SSSR count). The summed E-state index contributed by atoms with van der Waals surface area (Å²) >= 11 is 1.75. The van der Waals surface area contributed by atoms with Crippen LogP contribution in [0, 0.1) is 0 Å². The third kappa shape index (κ3) is 3.52. The molecule has 0 aromatic heterocycles. The lowest BCUT2D eigenvalue weighted by Crippen LogP contribution is -2.69. The molecule has 2 N–H and O–H groups in total. The number of carbonyl (C=O) groups is 2. The first-order chi connectivity index (χ1) is 12.6. The Kier molecular flexibility index (Phi) is 6.27. The maximum atomic E-state index is 12.5. The van der Waals surface area contributed by atoms with Gasteiger partial charge in [-0.15, -0.1) is 11.8 Å². The van der Waals surface area contributed by atoms with Crippen LogP contribution in [0.4, 0.5) is 0 Å². The van der Waals surface area contributed by atoms with Gasteiger partial charge < -0.3 is 19.9 Å². The van der Waals surface area contributed by atoms with Crippen molar-refractivity contribution in [2.45, 2.75) is 30.7 Å². The van der Waals surface area contributed by atoms with Crippen molar-refractivity contribution in [3.63, 3.8) is 0 Å². The van der Waals surface area contributed by atoms with E-state index in [1.807, 2.05) is 7.05 Å². The Bertz CT molecular complexity index is 589. The lowest BCUT2D eigenvalue weighted by Gasteiger charge is -2.50. The monoisotopic (exact) mass is 383 g/mol. The van der Waals surface area contributed by atoms with Crippen molar-refractivity contribution in [2.75, 3.05) is 59.7 Å². The molecule has 0 aromatic rings. The summed E-state index contributed by atoms with van der Waals surface area (Å²) in [6.07, 6.45) is 3.60. The number of ether oxygens (including phenoxy) is 1. The molecule has 2 fully saturated rings. The number of β-lactam (4-membered cyclic amide) rings is 1. The second-order valence-electron chi connectivity index (χ2n) is 7.45. The first-order valence-corrected chi connectivity index (χ1v) is 10.5. The SMILES string of the molecule is CNCCC[N+]1(CC2=C(C(=O)OC)N3C(=O)[C@@H](NC)C3SC2)CCCC1. The van der Waals surface area contributed by atoms with E-state index in [0.717, 1.165) is 55.0 Å². The average Bonchev–Trinajstić information content (AvgIpc) is 3.10. The van der Waals surface area contributed by atoms with Crippen LogP contribution in [0.3, 0.4) is 0 Å². The molecule has 0 bridgehead atoms. The van der Waals surface area contributed by atoms with E-state index in [4.69, 9.17) is 4.74 Å². The molecule has 0 radical (unpaired) electrons. The zero-order valence-corrected chi connectivity index (χ0v) is 16.9. The number of carbonyl (C=O) groups excluding carboxylic acids is 2. The van der Waals surface area contributed by atoms with Gasteiger partial charge in [-0.3, -0.25) is 9.69 Å². The number of likely N-dealkylation sites (tertiary alicyclic amines) is 1. The first-order valence-electron chi connectivity index (χ1n) is 9.49. The maximum Gasteiger partial charge on any atom is 0.355 e. The van der Waals surface area contributed by atoms with E-state index in [0.29, 0.717) is 5.70 Å². The predicted molar refractivity (Wildman–Crippen MR) is 102 cm³/mol. The fraction of sp³-hybridized carbons (Fsp3) is 0.778. The molecule has 0 spiro atoms. The molecule has 26 heavy (non-hydrogen) atoms. The fourth-order valence-electron chi connectivity index (χ4n) is 4.49. The third-order valence-corrected chi connectivity index (χ3v) is 7.18. The van der Waals surface area contributed by atoms with E-state index < -0.39 is 0 Å². The normalized spacial score (nSPS) is 27.3. The molecule has 0 aromatic carbocycles. The van der Waals surface area contributed by atoms with Crippen molar-refractivity contribution in [1.82, 2.24) is 15.5 Å². The zero-order valence-electron chi connectivity index (χ0n) is 16.0. The minimum atomic E-state index is -0.374. The summed E-state index contributed by atoms with van der Waals surface area (Å²) in [5.74, 6) is 0.398. The molecule has 1 amide bonds. The molecule has 1 unspecified atom stereocenters. The van der Waals surface area contributed by atoms with Gasteiger partial charge in [0.25, 0.3) is 0 Å². The summed E-state index contributed by atoms with van der Waals surface area (Å²) in [5, 5.41) is 6.29. The number of nitrogens with one attached hydrogen (secondary N) is 2. The van der Waals surface area contributed by atoms with Crippen LogP contribution in [0.25, 0.3) is 0 Å². The van der Waals surface area contributed by atoms with Crippen molar-refractivity contribution < 1.29 is 18.8 Å². The van der Waals surface area contributed by atoms with Crippen molar-refractivity contribution in [3.8, 4) is 0 Å². The molecule has 2 saturated heterocycles. The van der Waals surface area contributed by atoms with E-state index in [1.165, 1.54) is 20.0 Å². The topological polar surface area (TPSA) is 70.7 Å². The summed E-state index contributed by atoms with van der Waals surface area (Å²) in [6.45, 7) is 5.28. The van der Waals surface area contributed by atoms with E-state index in [1.54, 1.807) is 23.7 Å². The van der Waals surface area contributed by atoms with Crippen LogP contribution in [-0.4, -0.2) is 92.4 Å². The summed E-state index contributed by atoms with van der Waals surface area (Å²) in [4.78, 5) is 26.7. The zero-order chi connectivity index (χ0) is 18.7. The van der Waals surface area contributed by atoms with E-state index in [9.17, 15) is 9.59 Å². The summed E-state index contributed by atoms with van der Waals surface area (Å²) in [7, 11) is 5.18. The molecule has 146 valence electrons. The van der Waals surface area contributed by atoms with Gasteiger partial charge in [0, 0.05) is 37.1 Å². The molecule has 0 saturated carbocycles. The molecule has 0 aliphatic carbocycles. The van der Waals surface area contributed by atoms with Crippen LogP contribution in [-0.2, 0) is 14.3 Å². The van der Waals surface area contributed by atoms with Crippen LogP contribution in [0.15, 0.2) is 11.3 Å². The Labute approximate surface area is 160 Å². The molecule has 3 aliphatic rings. The first kappa shape index (κ1) is 19.7. The number of thioether (sulfide) groups is 1. The number of esters is 1. The molecular formula is C18H31N4O3S+. The number of amides is 1. The largest absolute Gasteiger partial charge is 0.464 e. The van der Waals surface area contributed by atoms with Gasteiger partial charge in [-0.1, -0.05) is 0 Å². The highest BCUT2D eigenvalue weighted by Gasteiger charge is 2.53. The smallest absolute Gasteiger partial charge is 0.355 e. The number of methoxy groups -OCH3 is 1. The minimum Gasteiger partial charge on any atom is -0.464 e. The minimum absolute atomic E-state index is 0.00155. The summed E-state index contributed by atoms with van der Waals surface area (Å²) in [5.41, 5.74) is 1.58. The van der Waals surface area contributed by atoms with Gasteiger partial charge in [0.15, 0.2) is 0 Å². The van der Waals surface area contributed by atoms with Gasteiger partial charge in [-0.05, 0) is 14.1 Å². The molecule has 8 heteroatoms. The fourth-order valence-corrected chi connectivity index (χ4v) is 5.89. The maximum absolute atomic E-state index is 12.5. The van der Waals surface area contributed by atoms with Gasteiger partial charge >= 0.3 is 5.97 Å². The lowest BCUT2D eigenvalue weighted by atomic mass is 10.0. The molecule has 3 heterocycles. The Morgan fingerprint density at radius 2 is 2.08 bits per heavy atom. The van der Waals surface area contributed by atoms with Crippen LogP contribution >= 0.6 is 11.8 Å². The Morgan fingerprint density at radius 3 is 2.69 bits per heavy atom. The second-order valence-corrected chi connectivity index (χ2v) is 8.56. The van der Waals surface area contributed by atoms with Gasteiger partial charge in [-0.25, -0.2) is 4.79 Å². The molecule has 7 nitrogen and oxygen atoms in total. The number of fused-ring (bicyclic) bond motifs is 1. The average molecular weight is 384 g/mol. The van der Waals surface area contributed by atoms with Crippen molar-refractivity contribution in [3.05, 3.63) is 11.3 Å². The standard InChI is InChI=1S/C18H31N4O3S/c1-19-7-6-10-22(8-4-5-9-22)11-13-12-26-17-14(20-2)16(23)21(17)15(13)18(24)25-3/h14,17,19-20H,4-12H2,1-3H3/q+1/t14-,17?/m1/s1. The van der Waals surface area contributed by atoms with Gasteiger partial charge in [0.2, 0.25) is 5.91 Å². The number of quaternary nitrogens is 1. The van der Waals surface area contributed by atoms with E-state index in [-0.39, 0.29) is 23.3 Å². The number of hydrogen-bond donors (Lipinski definition) is 2. The number of rotatable bonds is 8. The summed E-state index contributed by atoms with van der Waals surface area (Å²) < 4.78 is 6.08. The van der Waals surface area contributed by atoms with Crippen molar-refractivity contribution in [1.29, 1.82) is 0 Å². The highest BCUT2D eigenvalue weighted by molar-refractivity contribution is 8.00. The predicted octanol–water partition coefficient (Wildman–Crippen LogP) is 0.137. The van der Waals surface area contributed by atoms with E-state index in [2.05, 4.69) is 10.6 Å².